The van der Waals surface area contributed by atoms with E-state index in [4.69, 9.17) is 5.11 Å². The van der Waals surface area contributed by atoms with Crippen LogP contribution in [0, 0.1) is 0 Å². The van der Waals surface area contributed by atoms with Crippen LogP contribution in [0.1, 0.15) is 10.4 Å². The number of aliphatic hydroxyl groups is 1. The molecule has 0 aliphatic heterocycles. The predicted octanol–water partition coefficient (Wildman–Crippen LogP) is 0.753. The van der Waals surface area contributed by atoms with Crippen molar-refractivity contribution in [1.29, 1.82) is 0 Å². The minimum Gasteiger partial charge on any atom is -0.395 e. The summed E-state index contributed by atoms with van der Waals surface area (Å²) in [6.07, 6.45) is -2.29. The van der Waals surface area contributed by atoms with E-state index in [9.17, 15) is 22.8 Å². The minimum absolute atomic E-state index is 0.334. The van der Waals surface area contributed by atoms with E-state index in [1.54, 1.807) is 5.38 Å². The standard InChI is InChI=1S/C11H10F3N3O3S/c12-11(13,14)6-16(1-3-18)8(19)7-5-15-10-17(9(7)20)2-4-21-10/h2,4-5,18H,1,3,6H2. The first-order valence-corrected chi connectivity index (χ1v) is 6.63. The van der Waals surface area contributed by atoms with Gasteiger partial charge >= 0.3 is 6.18 Å². The molecule has 2 aromatic heterocycles. The number of carbonyl (C=O) groups excluding carboxylic acids is 1. The van der Waals surface area contributed by atoms with Gasteiger partial charge in [0, 0.05) is 24.3 Å². The van der Waals surface area contributed by atoms with Crippen LogP contribution >= 0.6 is 11.3 Å². The fourth-order valence-electron chi connectivity index (χ4n) is 1.73. The molecule has 2 aromatic rings. The molecular formula is C11H10F3N3O3S. The second-order valence-electron chi connectivity index (χ2n) is 4.10. The lowest BCUT2D eigenvalue weighted by atomic mass is 10.2. The highest BCUT2D eigenvalue weighted by Crippen LogP contribution is 2.17. The highest BCUT2D eigenvalue weighted by Gasteiger charge is 2.34. The van der Waals surface area contributed by atoms with Gasteiger partial charge in [-0.05, 0) is 0 Å². The summed E-state index contributed by atoms with van der Waals surface area (Å²) in [6.45, 7) is -2.71. The summed E-state index contributed by atoms with van der Waals surface area (Å²) >= 11 is 1.16. The van der Waals surface area contributed by atoms with Crippen LogP contribution in [0.2, 0.25) is 0 Å². The van der Waals surface area contributed by atoms with E-state index >= 15 is 0 Å². The quantitative estimate of drug-likeness (QED) is 0.902. The Labute approximate surface area is 120 Å². The summed E-state index contributed by atoms with van der Waals surface area (Å²) in [6, 6.07) is 0. The van der Waals surface area contributed by atoms with Crippen molar-refractivity contribution in [3.8, 4) is 0 Å². The van der Waals surface area contributed by atoms with Gasteiger partial charge in [-0.1, -0.05) is 0 Å². The van der Waals surface area contributed by atoms with Crippen molar-refractivity contribution in [2.75, 3.05) is 19.7 Å². The summed E-state index contributed by atoms with van der Waals surface area (Å²) < 4.78 is 38.4. The van der Waals surface area contributed by atoms with Crippen molar-refractivity contribution in [2.45, 2.75) is 6.18 Å². The molecule has 1 amide bonds. The monoisotopic (exact) mass is 321 g/mol. The summed E-state index contributed by atoms with van der Waals surface area (Å²) in [5, 5.41) is 10.3. The van der Waals surface area contributed by atoms with Gasteiger partial charge in [-0.2, -0.15) is 13.2 Å². The molecular weight excluding hydrogens is 311 g/mol. The Bertz CT molecular complexity index is 710. The number of alkyl halides is 3. The molecule has 0 saturated heterocycles. The van der Waals surface area contributed by atoms with Gasteiger partial charge in [0.1, 0.15) is 12.1 Å². The lowest BCUT2D eigenvalue weighted by Gasteiger charge is -2.22. The van der Waals surface area contributed by atoms with Gasteiger partial charge < -0.3 is 10.0 Å². The van der Waals surface area contributed by atoms with E-state index < -0.39 is 42.9 Å². The highest BCUT2D eigenvalue weighted by molar-refractivity contribution is 7.15. The fourth-order valence-corrected chi connectivity index (χ4v) is 2.41. The van der Waals surface area contributed by atoms with Crippen LogP contribution in [0.15, 0.2) is 22.6 Å². The van der Waals surface area contributed by atoms with Crippen LogP contribution in [0.25, 0.3) is 4.96 Å². The first kappa shape index (κ1) is 15.4. The molecule has 0 atom stereocenters. The summed E-state index contributed by atoms with van der Waals surface area (Å²) in [4.78, 5) is 28.7. The molecule has 2 rings (SSSR count). The maximum atomic E-state index is 12.4. The summed E-state index contributed by atoms with van der Waals surface area (Å²) in [5.41, 5.74) is -1.21. The van der Waals surface area contributed by atoms with Crippen LogP contribution in [0.3, 0.4) is 0 Å². The molecule has 10 heteroatoms. The Morgan fingerprint density at radius 2 is 2.19 bits per heavy atom. The first-order chi connectivity index (χ1) is 9.83. The first-order valence-electron chi connectivity index (χ1n) is 5.75. The summed E-state index contributed by atoms with van der Waals surface area (Å²) in [7, 11) is 0. The van der Waals surface area contributed by atoms with Gasteiger partial charge in [-0.25, -0.2) is 4.98 Å². The average molecular weight is 321 g/mol. The normalized spacial score (nSPS) is 11.8. The van der Waals surface area contributed by atoms with Crippen LogP contribution < -0.4 is 5.56 Å². The average Bonchev–Trinajstić information content (AvgIpc) is 2.85. The molecule has 0 radical (unpaired) electrons. The van der Waals surface area contributed by atoms with Crippen molar-refractivity contribution < 1.29 is 23.1 Å². The molecule has 0 bridgehead atoms. The van der Waals surface area contributed by atoms with Gasteiger partial charge in [0.15, 0.2) is 4.96 Å². The molecule has 6 nitrogen and oxygen atoms in total. The van der Waals surface area contributed by atoms with Crippen molar-refractivity contribution in [3.05, 3.63) is 33.7 Å². The number of carbonyl (C=O) groups is 1. The predicted molar refractivity (Wildman–Crippen MR) is 68.4 cm³/mol. The lowest BCUT2D eigenvalue weighted by molar-refractivity contribution is -0.141. The number of aliphatic hydroxyl groups excluding tert-OH is 1. The topological polar surface area (TPSA) is 74.9 Å². The Hall–Kier alpha value is -1.94. The second kappa shape index (κ2) is 5.82. The SMILES string of the molecule is O=C(c1cnc2sccn2c1=O)N(CCO)CC(F)(F)F. The van der Waals surface area contributed by atoms with Crippen LogP contribution in [-0.4, -0.2) is 51.2 Å². The number of fused-ring (bicyclic) bond motifs is 1. The number of halogens is 3. The molecule has 0 unspecified atom stereocenters. The van der Waals surface area contributed by atoms with Crippen LogP contribution in [-0.2, 0) is 0 Å². The van der Waals surface area contributed by atoms with Gasteiger partial charge in [0.05, 0.1) is 6.61 Å². The van der Waals surface area contributed by atoms with E-state index in [-0.39, 0.29) is 0 Å². The van der Waals surface area contributed by atoms with Crippen LogP contribution in [0.5, 0.6) is 0 Å². The number of nitrogens with zero attached hydrogens (tertiary/aromatic N) is 3. The fraction of sp³-hybridized carbons (Fsp3) is 0.364. The minimum atomic E-state index is -4.62. The molecule has 0 aliphatic rings. The molecule has 2 heterocycles. The Morgan fingerprint density at radius 1 is 1.48 bits per heavy atom. The van der Waals surface area contributed by atoms with Gasteiger partial charge in [-0.3, -0.25) is 14.0 Å². The molecule has 0 spiro atoms. The smallest absolute Gasteiger partial charge is 0.395 e. The number of rotatable bonds is 4. The van der Waals surface area contributed by atoms with Gasteiger partial charge in [-0.15, -0.1) is 11.3 Å². The van der Waals surface area contributed by atoms with Gasteiger partial charge in [0.25, 0.3) is 11.5 Å². The van der Waals surface area contributed by atoms with Crippen molar-refractivity contribution in [3.63, 3.8) is 0 Å². The zero-order chi connectivity index (χ0) is 15.6. The zero-order valence-electron chi connectivity index (χ0n) is 10.5. The molecule has 0 aromatic carbocycles. The summed E-state index contributed by atoms with van der Waals surface area (Å²) in [5.74, 6) is -1.11. The number of hydrogen-bond acceptors (Lipinski definition) is 5. The zero-order valence-corrected chi connectivity index (χ0v) is 11.3. The number of amides is 1. The molecule has 114 valence electrons. The van der Waals surface area contributed by atoms with E-state index in [1.807, 2.05) is 0 Å². The third-order valence-electron chi connectivity index (χ3n) is 2.60. The maximum absolute atomic E-state index is 12.4. The Morgan fingerprint density at radius 3 is 2.81 bits per heavy atom. The van der Waals surface area contributed by atoms with Gasteiger partial charge in [0.2, 0.25) is 0 Å². The third-order valence-corrected chi connectivity index (χ3v) is 3.37. The van der Waals surface area contributed by atoms with Crippen molar-refractivity contribution in [2.24, 2.45) is 0 Å². The van der Waals surface area contributed by atoms with Crippen molar-refractivity contribution >= 4 is 22.2 Å². The van der Waals surface area contributed by atoms with Crippen LogP contribution in [0.4, 0.5) is 13.2 Å². The molecule has 0 saturated carbocycles. The Kier molecular flexibility index (Phi) is 4.28. The number of hydrogen-bond donors (Lipinski definition) is 1. The van der Waals surface area contributed by atoms with E-state index in [0.29, 0.717) is 9.86 Å². The van der Waals surface area contributed by atoms with E-state index in [1.165, 1.54) is 6.20 Å². The molecule has 21 heavy (non-hydrogen) atoms. The highest BCUT2D eigenvalue weighted by atomic mass is 32.1. The van der Waals surface area contributed by atoms with Crippen molar-refractivity contribution in [1.82, 2.24) is 14.3 Å². The molecule has 0 fully saturated rings. The number of thiazole rings is 1. The molecule has 1 N–H and O–H groups in total. The lowest BCUT2D eigenvalue weighted by Crippen LogP contribution is -2.42. The third kappa shape index (κ3) is 3.39. The van der Waals surface area contributed by atoms with E-state index in [2.05, 4.69) is 4.98 Å². The Balaban J connectivity index is 2.38. The second-order valence-corrected chi connectivity index (χ2v) is 4.97. The van der Waals surface area contributed by atoms with E-state index in [0.717, 1.165) is 21.9 Å². The molecule has 0 aliphatic carbocycles. The maximum Gasteiger partial charge on any atom is 0.406 e. The number of aromatic nitrogens is 2. The largest absolute Gasteiger partial charge is 0.406 e.